The average Bonchev–Trinajstić information content (AvgIpc) is 3.23. The molecule has 0 bridgehead atoms. The van der Waals surface area contributed by atoms with E-state index < -0.39 is 11.9 Å². The van der Waals surface area contributed by atoms with Crippen LogP contribution < -0.4 is 5.32 Å². The first-order valence-corrected chi connectivity index (χ1v) is 7.82. The molecule has 2 aliphatic rings. The van der Waals surface area contributed by atoms with Crippen LogP contribution in [-0.4, -0.2) is 29.8 Å². The van der Waals surface area contributed by atoms with E-state index in [0.717, 1.165) is 31.1 Å². The van der Waals surface area contributed by atoms with Gasteiger partial charge < -0.3 is 15.2 Å². The fourth-order valence-electron chi connectivity index (χ4n) is 3.03. The van der Waals surface area contributed by atoms with Gasteiger partial charge in [-0.1, -0.05) is 24.3 Å². The van der Waals surface area contributed by atoms with Crippen molar-refractivity contribution >= 4 is 5.97 Å². The highest BCUT2D eigenvalue weighted by atomic mass is 16.5. The summed E-state index contributed by atoms with van der Waals surface area (Å²) in [5.41, 5.74) is 2.05. The second kappa shape index (κ2) is 6.16. The van der Waals surface area contributed by atoms with Crippen molar-refractivity contribution in [2.45, 2.75) is 50.8 Å². The minimum Gasteiger partial charge on any atom is -0.481 e. The van der Waals surface area contributed by atoms with Gasteiger partial charge in [0, 0.05) is 19.2 Å². The summed E-state index contributed by atoms with van der Waals surface area (Å²) in [5.74, 6) is -0.463. The lowest BCUT2D eigenvalue weighted by Gasteiger charge is -2.19. The van der Waals surface area contributed by atoms with Crippen molar-refractivity contribution in [1.82, 2.24) is 5.32 Å². The number of aliphatic carboxylic acids is 1. The van der Waals surface area contributed by atoms with Crippen molar-refractivity contribution in [3.8, 4) is 0 Å². The highest BCUT2D eigenvalue weighted by Gasteiger charge is 2.40. The van der Waals surface area contributed by atoms with Crippen molar-refractivity contribution in [2.24, 2.45) is 5.92 Å². The maximum absolute atomic E-state index is 11.0. The Balaban J connectivity index is 1.54. The van der Waals surface area contributed by atoms with E-state index >= 15 is 0 Å². The predicted molar refractivity (Wildman–Crippen MR) is 80.2 cm³/mol. The number of hydrogen-bond acceptors (Lipinski definition) is 3. The molecular weight excluding hydrogens is 266 g/mol. The minimum atomic E-state index is -0.781. The van der Waals surface area contributed by atoms with Crippen molar-refractivity contribution in [1.29, 1.82) is 0 Å². The van der Waals surface area contributed by atoms with Crippen molar-refractivity contribution in [3.05, 3.63) is 35.4 Å². The van der Waals surface area contributed by atoms with E-state index in [1.54, 1.807) is 6.92 Å². The van der Waals surface area contributed by atoms with E-state index in [4.69, 9.17) is 9.84 Å². The van der Waals surface area contributed by atoms with Crippen LogP contribution in [-0.2, 0) is 16.1 Å². The Hall–Kier alpha value is -1.39. The number of rotatable bonds is 6. The van der Waals surface area contributed by atoms with Gasteiger partial charge in [-0.3, -0.25) is 4.79 Å². The van der Waals surface area contributed by atoms with Crippen LogP contribution in [0.5, 0.6) is 0 Å². The molecule has 2 fully saturated rings. The lowest BCUT2D eigenvalue weighted by atomic mass is 10.00. The monoisotopic (exact) mass is 289 g/mol. The van der Waals surface area contributed by atoms with Gasteiger partial charge in [0.25, 0.3) is 0 Å². The topological polar surface area (TPSA) is 58.6 Å². The summed E-state index contributed by atoms with van der Waals surface area (Å²) in [6.45, 7) is 3.40. The zero-order valence-corrected chi connectivity index (χ0v) is 12.4. The summed E-state index contributed by atoms with van der Waals surface area (Å²) < 4.78 is 5.83. The van der Waals surface area contributed by atoms with E-state index in [-0.39, 0.29) is 0 Å². The molecule has 1 aliphatic carbocycles. The molecule has 3 rings (SSSR count). The number of carboxylic acid groups (broad SMARTS) is 1. The molecule has 1 heterocycles. The fourth-order valence-corrected chi connectivity index (χ4v) is 3.03. The molecular formula is C17H23NO3. The smallest absolute Gasteiger partial charge is 0.310 e. The normalized spacial score (nSPS) is 26.7. The maximum Gasteiger partial charge on any atom is 0.310 e. The molecule has 114 valence electrons. The first-order chi connectivity index (χ1) is 10.1. The first-order valence-electron chi connectivity index (χ1n) is 7.82. The Bertz CT molecular complexity index is 495. The number of nitrogens with one attached hydrogen (secondary N) is 1. The van der Waals surface area contributed by atoms with Crippen molar-refractivity contribution < 1.29 is 14.6 Å². The van der Waals surface area contributed by atoms with E-state index in [9.17, 15) is 4.79 Å². The molecule has 1 aromatic carbocycles. The molecule has 1 saturated heterocycles. The molecule has 3 atom stereocenters. The van der Waals surface area contributed by atoms with Crippen LogP contribution in [0.1, 0.15) is 43.2 Å². The van der Waals surface area contributed by atoms with E-state index in [1.807, 2.05) is 24.3 Å². The number of benzene rings is 1. The van der Waals surface area contributed by atoms with Gasteiger partial charge in [-0.15, -0.1) is 0 Å². The van der Waals surface area contributed by atoms with Crippen LogP contribution in [0.15, 0.2) is 24.3 Å². The highest BCUT2D eigenvalue weighted by molar-refractivity contribution is 5.75. The number of hydrogen-bond donors (Lipinski definition) is 2. The van der Waals surface area contributed by atoms with E-state index in [1.165, 1.54) is 18.4 Å². The minimum absolute atomic E-state index is 0.399. The molecule has 1 saturated carbocycles. The summed E-state index contributed by atoms with van der Waals surface area (Å²) >= 11 is 0. The summed E-state index contributed by atoms with van der Waals surface area (Å²) in [6, 6.07) is 8.33. The van der Waals surface area contributed by atoms with E-state index in [0.29, 0.717) is 12.1 Å². The number of carbonyl (C=O) groups is 1. The summed E-state index contributed by atoms with van der Waals surface area (Å²) in [6.07, 6.45) is 4.11. The Labute approximate surface area is 125 Å². The second-order valence-electron chi connectivity index (χ2n) is 6.25. The molecule has 1 aliphatic heterocycles. The highest BCUT2D eigenvalue weighted by Crippen LogP contribution is 2.38. The summed E-state index contributed by atoms with van der Waals surface area (Å²) in [4.78, 5) is 11.0. The maximum atomic E-state index is 11.0. The molecule has 0 spiro atoms. The summed E-state index contributed by atoms with van der Waals surface area (Å²) in [5, 5.41) is 12.6. The van der Waals surface area contributed by atoms with Gasteiger partial charge in [-0.05, 0) is 43.2 Å². The molecule has 0 radical (unpaired) electrons. The number of ether oxygens (including phenoxy) is 1. The van der Waals surface area contributed by atoms with Crippen molar-refractivity contribution in [2.75, 3.05) is 6.61 Å². The van der Waals surface area contributed by atoms with Crippen LogP contribution in [0.4, 0.5) is 0 Å². The fraction of sp³-hybridized carbons (Fsp3) is 0.588. The van der Waals surface area contributed by atoms with Crippen LogP contribution in [0.25, 0.3) is 0 Å². The predicted octanol–water partition coefficient (Wildman–Crippen LogP) is 2.53. The molecule has 0 amide bonds. The van der Waals surface area contributed by atoms with Crippen LogP contribution in [0.2, 0.25) is 0 Å². The van der Waals surface area contributed by atoms with Gasteiger partial charge in [0.05, 0.1) is 12.0 Å². The molecule has 2 N–H and O–H groups in total. The van der Waals surface area contributed by atoms with Gasteiger partial charge in [-0.2, -0.15) is 0 Å². The van der Waals surface area contributed by atoms with Gasteiger partial charge in [0.2, 0.25) is 0 Å². The molecule has 4 nitrogen and oxygen atoms in total. The van der Waals surface area contributed by atoms with Gasteiger partial charge in [0.1, 0.15) is 0 Å². The molecule has 4 heteroatoms. The Kier molecular flexibility index (Phi) is 4.27. The Morgan fingerprint density at radius 2 is 2.05 bits per heavy atom. The van der Waals surface area contributed by atoms with Gasteiger partial charge >= 0.3 is 5.97 Å². The Morgan fingerprint density at radius 3 is 2.67 bits per heavy atom. The SMILES string of the molecule is CC(C(=O)O)c1ccc(CNC2CCOC2C2CC2)cc1. The Morgan fingerprint density at radius 1 is 1.33 bits per heavy atom. The molecule has 21 heavy (non-hydrogen) atoms. The van der Waals surface area contributed by atoms with Crippen LogP contribution in [0, 0.1) is 5.92 Å². The van der Waals surface area contributed by atoms with Crippen LogP contribution in [0.3, 0.4) is 0 Å². The van der Waals surface area contributed by atoms with E-state index in [2.05, 4.69) is 5.32 Å². The first kappa shape index (κ1) is 14.5. The third-order valence-corrected chi connectivity index (χ3v) is 4.64. The zero-order chi connectivity index (χ0) is 14.8. The lowest BCUT2D eigenvalue weighted by molar-refractivity contribution is -0.138. The number of carboxylic acids is 1. The van der Waals surface area contributed by atoms with Gasteiger partial charge in [0.15, 0.2) is 0 Å². The third kappa shape index (κ3) is 3.44. The second-order valence-corrected chi connectivity index (χ2v) is 6.25. The van der Waals surface area contributed by atoms with Crippen molar-refractivity contribution in [3.63, 3.8) is 0 Å². The molecule has 3 unspecified atom stereocenters. The van der Waals surface area contributed by atoms with Gasteiger partial charge in [-0.25, -0.2) is 0 Å². The molecule has 1 aromatic rings. The third-order valence-electron chi connectivity index (χ3n) is 4.64. The lowest BCUT2D eigenvalue weighted by Crippen LogP contribution is -2.37. The average molecular weight is 289 g/mol. The quantitative estimate of drug-likeness (QED) is 0.845. The van der Waals surface area contributed by atoms with Crippen LogP contribution >= 0.6 is 0 Å². The largest absolute Gasteiger partial charge is 0.481 e. The molecule has 0 aromatic heterocycles. The zero-order valence-electron chi connectivity index (χ0n) is 12.4. The summed E-state index contributed by atoms with van der Waals surface area (Å²) in [7, 11) is 0. The standard InChI is InChI=1S/C17H23NO3/c1-11(17(19)20)13-4-2-12(3-5-13)10-18-15-8-9-21-16(15)14-6-7-14/h2-5,11,14-16,18H,6-10H2,1H3,(H,19,20).